The molecule has 0 spiro atoms. The van der Waals surface area contributed by atoms with E-state index >= 15 is 0 Å². The third-order valence-corrected chi connectivity index (χ3v) is 4.07. The molecule has 1 unspecified atom stereocenters. The average molecular weight is 265 g/mol. The van der Waals surface area contributed by atoms with Crippen molar-refractivity contribution in [2.75, 3.05) is 13.7 Å². The van der Waals surface area contributed by atoms with Gasteiger partial charge in [0.05, 0.1) is 7.11 Å². The SMILES string of the molecule is CCNC(c1cc(F)ccc1OC)C1CCCCC1. The second-order valence-corrected chi connectivity index (χ2v) is 5.32. The van der Waals surface area contributed by atoms with Crippen molar-refractivity contribution >= 4 is 0 Å². The maximum Gasteiger partial charge on any atom is 0.123 e. The third-order valence-electron chi connectivity index (χ3n) is 4.07. The second kappa shape index (κ2) is 6.90. The molecule has 1 aromatic rings. The van der Waals surface area contributed by atoms with Gasteiger partial charge in [-0.05, 0) is 43.5 Å². The minimum atomic E-state index is -0.186. The van der Waals surface area contributed by atoms with E-state index in [1.54, 1.807) is 19.2 Å². The highest BCUT2D eigenvalue weighted by atomic mass is 19.1. The van der Waals surface area contributed by atoms with Crippen LogP contribution in [0.1, 0.15) is 50.6 Å². The molecular formula is C16H24FNO. The molecule has 1 saturated carbocycles. The average Bonchev–Trinajstić information content (AvgIpc) is 2.45. The number of hydrogen-bond acceptors (Lipinski definition) is 2. The molecule has 1 N–H and O–H groups in total. The highest BCUT2D eigenvalue weighted by Gasteiger charge is 2.26. The Labute approximate surface area is 115 Å². The molecule has 2 nitrogen and oxygen atoms in total. The first-order chi connectivity index (χ1) is 9.26. The van der Waals surface area contributed by atoms with Crippen LogP contribution in [0.5, 0.6) is 5.75 Å². The number of hydrogen-bond donors (Lipinski definition) is 1. The van der Waals surface area contributed by atoms with E-state index in [9.17, 15) is 4.39 Å². The Hall–Kier alpha value is -1.09. The number of rotatable bonds is 5. The standard InChI is InChI=1S/C16H24FNO/c1-3-18-16(12-7-5-4-6-8-12)14-11-13(17)9-10-15(14)19-2/h9-12,16,18H,3-8H2,1-2H3. The van der Waals surface area contributed by atoms with Gasteiger partial charge in [0.15, 0.2) is 0 Å². The molecule has 106 valence electrons. The van der Waals surface area contributed by atoms with Crippen LogP contribution < -0.4 is 10.1 Å². The van der Waals surface area contributed by atoms with Gasteiger partial charge in [0.2, 0.25) is 0 Å². The summed E-state index contributed by atoms with van der Waals surface area (Å²) in [5.41, 5.74) is 0.969. The smallest absolute Gasteiger partial charge is 0.123 e. The maximum atomic E-state index is 13.6. The van der Waals surface area contributed by atoms with Crippen molar-refractivity contribution in [3.8, 4) is 5.75 Å². The zero-order valence-electron chi connectivity index (χ0n) is 11.9. The maximum absolute atomic E-state index is 13.6. The van der Waals surface area contributed by atoms with E-state index in [0.29, 0.717) is 5.92 Å². The van der Waals surface area contributed by atoms with E-state index in [4.69, 9.17) is 4.74 Å². The summed E-state index contributed by atoms with van der Waals surface area (Å²) in [5, 5.41) is 3.52. The van der Waals surface area contributed by atoms with Crippen LogP contribution in [0.4, 0.5) is 4.39 Å². The van der Waals surface area contributed by atoms with Crippen molar-refractivity contribution in [3.63, 3.8) is 0 Å². The van der Waals surface area contributed by atoms with Crippen LogP contribution in [0.25, 0.3) is 0 Å². The van der Waals surface area contributed by atoms with E-state index in [1.165, 1.54) is 38.2 Å². The third kappa shape index (κ3) is 3.47. The van der Waals surface area contributed by atoms with E-state index < -0.39 is 0 Å². The zero-order valence-corrected chi connectivity index (χ0v) is 11.9. The molecule has 0 aliphatic heterocycles. The molecule has 0 amide bonds. The predicted octanol–water partition coefficient (Wildman–Crippen LogP) is 4.07. The minimum absolute atomic E-state index is 0.186. The van der Waals surface area contributed by atoms with Gasteiger partial charge < -0.3 is 10.1 Å². The zero-order chi connectivity index (χ0) is 13.7. The molecule has 19 heavy (non-hydrogen) atoms. The molecular weight excluding hydrogens is 241 g/mol. The quantitative estimate of drug-likeness (QED) is 0.866. The van der Waals surface area contributed by atoms with Crippen molar-refractivity contribution in [2.45, 2.75) is 45.1 Å². The van der Waals surface area contributed by atoms with Crippen molar-refractivity contribution in [3.05, 3.63) is 29.6 Å². The van der Waals surface area contributed by atoms with Crippen LogP contribution in [-0.4, -0.2) is 13.7 Å². The van der Waals surface area contributed by atoms with Gasteiger partial charge in [0.25, 0.3) is 0 Å². The summed E-state index contributed by atoms with van der Waals surface area (Å²) >= 11 is 0. The van der Waals surface area contributed by atoms with Crippen LogP contribution in [0.15, 0.2) is 18.2 Å². The summed E-state index contributed by atoms with van der Waals surface area (Å²) in [7, 11) is 1.65. The number of ether oxygens (including phenoxy) is 1. The van der Waals surface area contributed by atoms with Crippen molar-refractivity contribution < 1.29 is 9.13 Å². The van der Waals surface area contributed by atoms with Crippen LogP contribution >= 0.6 is 0 Å². The Morgan fingerprint density at radius 2 is 2.05 bits per heavy atom. The van der Waals surface area contributed by atoms with Gasteiger partial charge >= 0.3 is 0 Å². The highest BCUT2D eigenvalue weighted by Crippen LogP contribution is 2.38. The molecule has 2 rings (SSSR count). The minimum Gasteiger partial charge on any atom is -0.496 e. The van der Waals surface area contributed by atoms with E-state index in [1.807, 2.05) is 0 Å². The molecule has 1 aliphatic rings. The fourth-order valence-corrected chi connectivity index (χ4v) is 3.17. The Balaban J connectivity index is 2.28. The monoisotopic (exact) mass is 265 g/mol. The van der Waals surface area contributed by atoms with Gasteiger partial charge in [0.1, 0.15) is 11.6 Å². The normalized spacial score (nSPS) is 18.3. The van der Waals surface area contributed by atoms with Gasteiger partial charge in [-0.1, -0.05) is 26.2 Å². The Bertz CT molecular complexity index is 402. The highest BCUT2D eigenvalue weighted by molar-refractivity contribution is 5.37. The predicted molar refractivity (Wildman–Crippen MR) is 75.9 cm³/mol. The topological polar surface area (TPSA) is 21.3 Å². The van der Waals surface area contributed by atoms with Gasteiger partial charge in [-0.3, -0.25) is 0 Å². The van der Waals surface area contributed by atoms with Crippen molar-refractivity contribution in [1.29, 1.82) is 0 Å². The van der Waals surface area contributed by atoms with Crippen LogP contribution in [0.2, 0.25) is 0 Å². The molecule has 3 heteroatoms. The molecule has 0 bridgehead atoms. The fourth-order valence-electron chi connectivity index (χ4n) is 3.17. The first kappa shape index (κ1) is 14.3. The Kier molecular flexibility index (Phi) is 5.20. The molecule has 0 radical (unpaired) electrons. The van der Waals surface area contributed by atoms with E-state index in [0.717, 1.165) is 17.9 Å². The second-order valence-electron chi connectivity index (χ2n) is 5.32. The molecule has 0 heterocycles. The molecule has 1 aromatic carbocycles. The number of nitrogens with one attached hydrogen (secondary N) is 1. The summed E-state index contributed by atoms with van der Waals surface area (Å²) < 4.78 is 19.0. The lowest BCUT2D eigenvalue weighted by molar-refractivity contribution is 0.268. The number of benzene rings is 1. The summed E-state index contributed by atoms with van der Waals surface area (Å²) in [6, 6.07) is 5.03. The van der Waals surface area contributed by atoms with Crippen molar-refractivity contribution in [1.82, 2.24) is 5.32 Å². The molecule has 1 atom stereocenters. The Morgan fingerprint density at radius 3 is 2.68 bits per heavy atom. The van der Waals surface area contributed by atoms with Crippen LogP contribution in [0.3, 0.4) is 0 Å². The van der Waals surface area contributed by atoms with Gasteiger partial charge in [-0.25, -0.2) is 4.39 Å². The molecule has 1 fully saturated rings. The van der Waals surface area contributed by atoms with Gasteiger partial charge in [-0.15, -0.1) is 0 Å². The largest absolute Gasteiger partial charge is 0.496 e. The van der Waals surface area contributed by atoms with Gasteiger partial charge in [-0.2, -0.15) is 0 Å². The fraction of sp³-hybridized carbons (Fsp3) is 0.625. The van der Waals surface area contributed by atoms with E-state index in [-0.39, 0.29) is 11.9 Å². The van der Waals surface area contributed by atoms with E-state index in [2.05, 4.69) is 12.2 Å². The molecule has 1 aliphatic carbocycles. The molecule has 0 saturated heterocycles. The summed E-state index contributed by atoms with van der Waals surface area (Å²) in [6.45, 7) is 2.99. The lowest BCUT2D eigenvalue weighted by Gasteiger charge is -2.32. The lowest BCUT2D eigenvalue weighted by atomic mass is 9.81. The van der Waals surface area contributed by atoms with Crippen LogP contribution in [-0.2, 0) is 0 Å². The van der Waals surface area contributed by atoms with Gasteiger partial charge in [0, 0.05) is 11.6 Å². The summed E-state index contributed by atoms with van der Waals surface area (Å²) in [4.78, 5) is 0. The lowest BCUT2D eigenvalue weighted by Crippen LogP contribution is -2.30. The first-order valence-corrected chi connectivity index (χ1v) is 7.33. The number of methoxy groups -OCH3 is 1. The first-order valence-electron chi connectivity index (χ1n) is 7.33. The number of halogens is 1. The Morgan fingerprint density at radius 1 is 1.32 bits per heavy atom. The van der Waals surface area contributed by atoms with Crippen LogP contribution in [0, 0.1) is 11.7 Å². The van der Waals surface area contributed by atoms with Crippen molar-refractivity contribution in [2.24, 2.45) is 5.92 Å². The summed E-state index contributed by atoms with van der Waals surface area (Å²) in [5.74, 6) is 1.19. The summed E-state index contributed by atoms with van der Waals surface area (Å²) in [6.07, 6.45) is 6.33. The molecule has 0 aromatic heterocycles.